The SMILES string of the molecule is Cc1ccc2c(c1Br)CCN2C(=O)Nc1cccnc1. The molecular formula is C15H14BrN3O. The first kappa shape index (κ1) is 13.1. The van der Waals surface area contributed by atoms with Crippen molar-refractivity contribution in [1.29, 1.82) is 0 Å². The van der Waals surface area contributed by atoms with Gasteiger partial charge in [-0.3, -0.25) is 9.88 Å². The number of anilines is 2. The Morgan fingerprint density at radius 1 is 1.40 bits per heavy atom. The first-order valence-corrected chi connectivity index (χ1v) is 7.22. The topological polar surface area (TPSA) is 45.2 Å². The van der Waals surface area contributed by atoms with Gasteiger partial charge < -0.3 is 5.32 Å². The fraction of sp³-hybridized carbons (Fsp3) is 0.200. The highest BCUT2D eigenvalue weighted by molar-refractivity contribution is 9.10. The van der Waals surface area contributed by atoms with Crippen LogP contribution < -0.4 is 10.2 Å². The number of rotatable bonds is 1. The number of hydrogen-bond donors (Lipinski definition) is 1. The van der Waals surface area contributed by atoms with Crippen LogP contribution in [0.2, 0.25) is 0 Å². The first-order valence-electron chi connectivity index (χ1n) is 6.43. The summed E-state index contributed by atoms with van der Waals surface area (Å²) in [6, 6.07) is 7.54. The third-order valence-electron chi connectivity index (χ3n) is 3.45. The lowest BCUT2D eigenvalue weighted by molar-refractivity contribution is 0.257. The normalized spacial score (nSPS) is 13.2. The molecule has 2 amide bonds. The molecule has 5 heteroatoms. The van der Waals surface area contributed by atoms with E-state index in [4.69, 9.17) is 0 Å². The minimum absolute atomic E-state index is 0.118. The van der Waals surface area contributed by atoms with Gasteiger partial charge in [0.05, 0.1) is 11.9 Å². The monoisotopic (exact) mass is 331 g/mol. The number of aromatic nitrogens is 1. The second-order valence-corrected chi connectivity index (χ2v) is 5.56. The number of pyridine rings is 1. The molecule has 0 aliphatic carbocycles. The van der Waals surface area contributed by atoms with Crippen LogP contribution >= 0.6 is 15.9 Å². The van der Waals surface area contributed by atoms with Gasteiger partial charge in [-0.2, -0.15) is 0 Å². The molecule has 0 unspecified atom stereocenters. The molecule has 1 aromatic heterocycles. The lowest BCUT2D eigenvalue weighted by Gasteiger charge is -2.18. The molecule has 2 aromatic rings. The summed E-state index contributed by atoms with van der Waals surface area (Å²) in [6.07, 6.45) is 4.19. The largest absolute Gasteiger partial charge is 0.326 e. The molecule has 4 nitrogen and oxygen atoms in total. The van der Waals surface area contributed by atoms with E-state index in [1.807, 2.05) is 18.2 Å². The van der Waals surface area contributed by atoms with Gasteiger partial charge in [-0.25, -0.2) is 4.79 Å². The van der Waals surface area contributed by atoms with E-state index >= 15 is 0 Å². The number of hydrogen-bond acceptors (Lipinski definition) is 2. The highest BCUT2D eigenvalue weighted by Gasteiger charge is 2.26. The van der Waals surface area contributed by atoms with Crippen molar-refractivity contribution in [2.75, 3.05) is 16.8 Å². The standard InChI is InChI=1S/C15H14BrN3O/c1-10-4-5-13-12(14(10)16)6-8-19(13)15(20)18-11-3-2-7-17-9-11/h2-5,7,9H,6,8H2,1H3,(H,18,20). The lowest BCUT2D eigenvalue weighted by atomic mass is 10.1. The number of carbonyl (C=O) groups is 1. The molecular weight excluding hydrogens is 318 g/mol. The van der Waals surface area contributed by atoms with Crippen molar-refractivity contribution in [3.63, 3.8) is 0 Å². The Labute approximate surface area is 126 Å². The molecule has 2 heterocycles. The van der Waals surface area contributed by atoms with E-state index in [2.05, 4.69) is 33.2 Å². The predicted octanol–water partition coefficient (Wildman–Crippen LogP) is 3.75. The summed E-state index contributed by atoms with van der Waals surface area (Å²) in [5.74, 6) is 0. The molecule has 3 rings (SSSR count). The maximum Gasteiger partial charge on any atom is 0.326 e. The van der Waals surface area contributed by atoms with E-state index in [0.717, 1.165) is 16.6 Å². The molecule has 1 N–H and O–H groups in total. The van der Waals surface area contributed by atoms with E-state index in [1.165, 1.54) is 11.1 Å². The van der Waals surface area contributed by atoms with Crippen molar-refractivity contribution >= 4 is 33.3 Å². The molecule has 20 heavy (non-hydrogen) atoms. The number of nitrogens with zero attached hydrogens (tertiary/aromatic N) is 2. The molecule has 0 radical (unpaired) electrons. The van der Waals surface area contributed by atoms with Crippen LogP contribution in [0.15, 0.2) is 41.1 Å². The Morgan fingerprint density at radius 3 is 3.00 bits per heavy atom. The first-order chi connectivity index (χ1) is 9.66. The van der Waals surface area contributed by atoms with Crippen molar-refractivity contribution in [1.82, 2.24) is 4.98 Å². The lowest BCUT2D eigenvalue weighted by Crippen LogP contribution is -2.33. The number of nitrogens with one attached hydrogen (secondary N) is 1. The minimum Gasteiger partial charge on any atom is -0.306 e. The van der Waals surface area contributed by atoms with Crippen LogP contribution in [0.3, 0.4) is 0 Å². The van der Waals surface area contributed by atoms with Gasteiger partial charge in [-0.15, -0.1) is 0 Å². The second kappa shape index (κ2) is 5.25. The number of halogens is 1. The van der Waals surface area contributed by atoms with Crippen LogP contribution in [0.5, 0.6) is 0 Å². The summed E-state index contributed by atoms with van der Waals surface area (Å²) >= 11 is 3.61. The second-order valence-electron chi connectivity index (χ2n) is 4.77. The smallest absolute Gasteiger partial charge is 0.306 e. The Kier molecular flexibility index (Phi) is 3.44. The predicted molar refractivity (Wildman–Crippen MR) is 83.2 cm³/mol. The molecule has 0 atom stereocenters. The van der Waals surface area contributed by atoms with Gasteiger partial charge in [0.2, 0.25) is 0 Å². The van der Waals surface area contributed by atoms with Crippen molar-refractivity contribution in [3.8, 4) is 0 Å². The third-order valence-corrected chi connectivity index (χ3v) is 4.55. The summed E-state index contributed by atoms with van der Waals surface area (Å²) < 4.78 is 1.10. The summed E-state index contributed by atoms with van der Waals surface area (Å²) in [5.41, 5.74) is 4.07. The number of fused-ring (bicyclic) bond motifs is 1. The van der Waals surface area contributed by atoms with Crippen LogP contribution in [0, 0.1) is 6.92 Å². The number of aryl methyl sites for hydroxylation is 1. The van der Waals surface area contributed by atoms with Crippen molar-refractivity contribution < 1.29 is 4.79 Å². The van der Waals surface area contributed by atoms with Crippen LogP contribution in [-0.2, 0) is 6.42 Å². The zero-order chi connectivity index (χ0) is 14.1. The molecule has 102 valence electrons. The molecule has 0 fully saturated rings. The fourth-order valence-electron chi connectivity index (χ4n) is 2.40. The molecule has 0 spiro atoms. The Morgan fingerprint density at radius 2 is 2.25 bits per heavy atom. The molecule has 1 aliphatic heterocycles. The van der Waals surface area contributed by atoms with Crippen LogP contribution in [0.4, 0.5) is 16.2 Å². The van der Waals surface area contributed by atoms with Gasteiger partial charge in [0.15, 0.2) is 0 Å². The summed E-state index contributed by atoms with van der Waals surface area (Å²) in [4.78, 5) is 18.1. The van der Waals surface area contributed by atoms with Gasteiger partial charge in [0.1, 0.15) is 0 Å². The summed E-state index contributed by atoms with van der Waals surface area (Å²) in [7, 11) is 0. The van der Waals surface area contributed by atoms with Crippen LogP contribution in [0.25, 0.3) is 0 Å². The van der Waals surface area contributed by atoms with Gasteiger partial charge >= 0.3 is 6.03 Å². The maximum absolute atomic E-state index is 12.3. The number of amides is 2. The van der Waals surface area contributed by atoms with Gasteiger partial charge in [0.25, 0.3) is 0 Å². The fourth-order valence-corrected chi connectivity index (χ4v) is 2.94. The van der Waals surface area contributed by atoms with Gasteiger partial charge in [-0.1, -0.05) is 22.0 Å². The zero-order valence-corrected chi connectivity index (χ0v) is 12.6. The van der Waals surface area contributed by atoms with Gasteiger partial charge in [-0.05, 0) is 42.7 Å². The van der Waals surface area contributed by atoms with E-state index in [9.17, 15) is 4.79 Å². The number of carbonyl (C=O) groups excluding carboxylic acids is 1. The molecule has 0 saturated heterocycles. The maximum atomic E-state index is 12.3. The van der Waals surface area contributed by atoms with Crippen molar-refractivity contribution in [2.45, 2.75) is 13.3 Å². The van der Waals surface area contributed by atoms with Gasteiger partial charge in [0, 0.05) is 22.9 Å². The minimum atomic E-state index is -0.118. The zero-order valence-electron chi connectivity index (χ0n) is 11.1. The third kappa shape index (κ3) is 2.29. The molecule has 1 aromatic carbocycles. The average molecular weight is 332 g/mol. The average Bonchev–Trinajstić information content (AvgIpc) is 2.89. The van der Waals surface area contributed by atoms with Crippen LogP contribution in [-0.4, -0.2) is 17.6 Å². The molecule has 1 aliphatic rings. The summed E-state index contributed by atoms with van der Waals surface area (Å²) in [5, 5.41) is 2.87. The van der Waals surface area contributed by atoms with Crippen LogP contribution in [0.1, 0.15) is 11.1 Å². The Bertz CT molecular complexity index is 658. The Hall–Kier alpha value is -1.88. The number of urea groups is 1. The van der Waals surface area contributed by atoms with E-state index in [-0.39, 0.29) is 6.03 Å². The molecule has 0 bridgehead atoms. The van der Waals surface area contributed by atoms with E-state index in [0.29, 0.717) is 12.2 Å². The highest BCUT2D eigenvalue weighted by Crippen LogP contribution is 2.35. The number of benzene rings is 1. The van der Waals surface area contributed by atoms with Crippen molar-refractivity contribution in [3.05, 3.63) is 52.3 Å². The van der Waals surface area contributed by atoms with E-state index in [1.54, 1.807) is 23.4 Å². The summed E-state index contributed by atoms with van der Waals surface area (Å²) in [6.45, 7) is 2.76. The van der Waals surface area contributed by atoms with E-state index < -0.39 is 0 Å². The Balaban J connectivity index is 1.85. The quantitative estimate of drug-likeness (QED) is 0.864. The molecule has 0 saturated carbocycles. The highest BCUT2D eigenvalue weighted by atomic mass is 79.9. The van der Waals surface area contributed by atoms with Crippen molar-refractivity contribution in [2.24, 2.45) is 0 Å².